The summed E-state index contributed by atoms with van der Waals surface area (Å²) in [4.78, 5) is 19.5. The first-order valence-electron chi connectivity index (χ1n) is 7.69. The fourth-order valence-electron chi connectivity index (χ4n) is 2.70. The van der Waals surface area contributed by atoms with Crippen LogP contribution < -0.4 is 5.32 Å². The second-order valence-electron chi connectivity index (χ2n) is 5.63. The topological polar surface area (TPSA) is 71.3 Å². The minimum atomic E-state index is -0.00665. The van der Waals surface area contributed by atoms with Crippen LogP contribution in [0.1, 0.15) is 35.4 Å². The number of piperidine rings is 1. The third kappa shape index (κ3) is 4.23. The standard InChI is InChI=1S/C15H19ClN4O2S/c1-10-18-14(22-19-10)11-5-8-20(9-6-11)15(21)17-7-4-12-2-3-13(16)23-12/h2-3,11H,4-9H2,1H3,(H,17,21). The van der Waals surface area contributed by atoms with Crippen LogP contribution in [-0.4, -0.2) is 40.7 Å². The van der Waals surface area contributed by atoms with Gasteiger partial charge in [0.25, 0.3) is 0 Å². The minimum absolute atomic E-state index is 0.00665. The fourth-order valence-corrected chi connectivity index (χ4v) is 3.79. The highest BCUT2D eigenvalue weighted by Gasteiger charge is 2.27. The lowest BCUT2D eigenvalue weighted by Crippen LogP contribution is -2.44. The number of nitrogens with one attached hydrogen (secondary N) is 1. The highest BCUT2D eigenvalue weighted by atomic mass is 35.5. The zero-order valence-corrected chi connectivity index (χ0v) is 14.5. The number of halogens is 1. The first-order chi connectivity index (χ1) is 11.1. The summed E-state index contributed by atoms with van der Waals surface area (Å²) in [5, 5.41) is 6.80. The van der Waals surface area contributed by atoms with Crippen LogP contribution in [0.5, 0.6) is 0 Å². The minimum Gasteiger partial charge on any atom is -0.339 e. The van der Waals surface area contributed by atoms with Gasteiger partial charge in [0.15, 0.2) is 5.82 Å². The van der Waals surface area contributed by atoms with Crippen LogP contribution in [0.25, 0.3) is 0 Å². The SMILES string of the molecule is Cc1noc(C2CCN(C(=O)NCCc3ccc(Cl)s3)CC2)n1. The molecule has 0 spiro atoms. The Morgan fingerprint density at radius 2 is 2.26 bits per heavy atom. The first-order valence-corrected chi connectivity index (χ1v) is 8.88. The summed E-state index contributed by atoms with van der Waals surface area (Å²) < 4.78 is 6.01. The molecule has 124 valence electrons. The van der Waals surface area contributed by atoms with Crippen molar-refractivity contribution >= 4 is 29.0 Å². The van der Waals surface area contributed by atoms with Gasteiger partial charge in [-0.15, -0.1) is 11.3 Å². The maximum Gasteiger partial charge on any atom is 0.317 e. The summed E-state index contributed by atoms with van der Waals surface area (Å²) in [6, 6.07) is 3.87. The maximum absolute atomic E-state index is 12.2. The number of aromatic nitrogens is 2. The van der Waals surface area contributed by atoms with Gasteiger partial charge in [0.2, 0.25) is 5.89 Å². The molecule has 0 saturated carbocycles. The van der Waals surface area contributed by atoms with E-state index in [0.29, 0.717) is 31.3 Å². The molecule has 23 heavy (non-hydrogen) atoms. The smallest absolute Gasteiger partial charge is 0.317 e. The van der Waals surface area contributed by atoms with E-state index in [2.05, 4.69) is 15.5 Å². The Kier molecular flexibility index (Phi) is 5.17. The van der Waals surface area contributed by atoms with Crippen molar-refractivity contribution < 1.29 is 9.32 Å². The van der Waals surface area contributed by atoms with E-state index in [9.17, 15) is 4.79 Å². The molecule has 1 N–H and O–H groups in total. The van der Waals surface area contributed by atoms with Gasteiger partial charge in [0.1, 0.15) is 0 Å². The predicted octanol–water partition coefficient (Wildman–Crippen LogP) is 3.22. The number of rotatable bonds is 4. The van der Waals surface area contributed by atoms with E-state index in [1.807, 2.05) is 24.0 Å². The number of urea groups is 1. The van der Waals surface area contributed by atoms with E-state index >= 15 is 0 Å². The fraction of sp³-hybridized carbons (Fsp3) is 0.533. The summed E-state index contributed by atoms with van der Waals surface area (Å²) >= 11 is 7.45. The number of carbonyl (C=O) groups excluding carboxylic acids is 1. The number of carbonyl (C=O) groups is 1. The highest BCUT2D eigenvalue weighted by Crippen LogP contribution is 2.26. The molecule has 3 heterocycles. The Balaban J connectivity index is 1.41. The summed E-state index contributed by atoms with van der Waals surface area (Å²) in [7, 11) is 0. The average molecular weight is 355 g/mol. The van der Waals surface area contributed by atoms with Gasteiger partial charge in [0.05, 0.1) is 4.34 Å². The van der Waals surface area contributed by atoms with Crippen LogP contribution in [-0.2, 0) is 6.42 Å². The zero-order valence-electron chi connectivity index (χ0n) is 12.9. The molecule has 0 aromatic carbocycles. The van der Waals surface area contributed by atoms with Crippen LogP contribution in [0.2, 0.25) is 4.34 Å². The van der Waals surface area contributed by atoms with E-state index < -0.39 is 0 Å². The molecule has 0 atom stereocenters. The van der Waals surface area contributed by atoms with Gasteiger partial charge in [-0.05, 0) is 38.3 Å². The Bertz CT molecular complexity index is 664. The molecule has 2 amide bonds. The Morgan fingerprint density at radius 3 is 2.87 bits per heavy atom. The number of likely N-dealkylation sites (tertiary alicyclic amines) is 1. The van der Waals surface area contributed by atoms with Gasteiger partial charge < -0.3 is 14.7 Å². The van der Waals surface area contributed by atoms with Crippen LogP contribution in [0.3, 0.4) is 0 Å². The molecule has 8 heteroatoms. The lowest BCUT2D eigenvalue weighted by atomic mass is 9.97. The van der Waals surface area contributed by atoms with E-state index in [0.717, 1.165) is 23.6 Å². The van der Waals surface area contributed by atoms with Gasteiger partial charge >= 0.3 is 6.03 Å². The number of hydrogen-bond donors (Lipinski definition) is 1. The predicted molar refractivity (Wildman–Crippen MR) is 89.0 cm³/mol. The summed E-state index contributed by atoms with van der Waals surface area (Å²) in [6.07, 6.45) is 2.52. The van der Waals surface area contributed by atoms with E-state index in [1.54, 1.807) is 11.3 Å². The number of nitrogens with zero attached hydrogens (tertiary/aromatic N) is 3. The monoisotopic (exact) mass is 354 g/mol. The molecule has 2 aromatic rings. The van der Waals surface area contributed by atoms with E-state index in [-0.39, 0.29) is 11.9 Å². The quantitative estimate of drug-likeness (QED) is 0.915. The summed E-state index contributed by atoms with van der Waals surface area (Å²) in [5.41, 5.74) is 0. The molecular weight excluding hydrogens is 336 g/mol. The van der Waals surface area contributed by atoms with Gasteiger partial charge in [-0.3, -0.25) is 0 Å². The van der Waals surface area contributed by atoms with Crippen LogP contribution in [0.4, 0.5) is 4.79 Å². The zero-order chi connectivity index (χ0) is 16.2. The Morgan fingerprint density at radius 1 is 1.48 bits per heavy atom. The molecule has 0 radical (unpaired) electrons. The number of thiophene rings is 1. The van der Waals surface area contributed by atoms with E-state index in [4.69, 9.17) is 16.1 Å². The van der Waals surface area contributed by atoms with E-state index in [1.165, 1.54) is 4.88 Å². The van der Waals surface area contributed by atoms with Crippen molar-refractivity contribution in [2.75, 3.05) is 19.6 Å². The van der Waals surface area contributed by atoms with Crippen LogP contribution >= 0.6 is 22.9 Å². The molecular formula is C15H19ClN4O2S. The van der Waals surface area contributed by atoms with Gasteiger partial charge in [0, 0.05) is 30.4 Å². The lowest BCUT2D eigenvalue weighted by Gasteiger charge is -2.30. The number of aryl methyl sites for hydroxylation is 1. The molecule has 3 rings (SSSR count). The normalized spacial score (nSPS) is 15.8. The van der Waals surface area contributed by atoms with Crippen molar-refractivity contribution in [3.05, 3.63) is 33.1 Å². The molecule has 1 aliphatic rings. The lowest BCUT2D eigenvalue weighted by molar-refractivity contribution is 0.175. The van der Waals surface area contributed by atoms with Crippen molar-refractivity contribution in [2.24, 2.45) is 0 Å². The van der Waals surface area contributed by atoms with Crippen molar-refractivity contribution in [1.82, 2.24) is 20.4 Å². The maximum atomic E-state index is 12.2. The molecule has 6 nitrogen and oxygen atoms in total. The second-order valence-corrected chi connectivity index (χ2v) is 7.43. The van der Waals surface area contributed by atoms with Gasteiger partial charge in [-0.25, -0.2) is 4.79 Å². The van der Waals surface area contributed by atoms with Crippen molar-refractivity contribution in [3.8, 4) is 0 Å². The molecule has 1 fully saturated rings. The number of amides is 2. The third-order valence-electron chi connectivity index (χ3n) is 3.95. The second kappa shape index (κ2) is 7.31. The highest BCUT2D eigenvalue weighted by molar-refractivity contribution is 7.16. The van der Waals surface area contributed by atoms with Crippen molar-refractivity contribution in [2.45, 2.75) is 32.1 Å². The van der Waals surface area contributed by atoms with Gasteiger partial charge in [-0.2, -0.15) is 4.98 Å². The largest absolute Gasteiger partial charge is 0.339 e. The molecule has 0 unspecified atom stereocenters. The Labute approximate surface area is 143 Å². The van der Waals surface area contributed by atoms with Crippen LogP contribution in [0, 0.1) is 6.92 Å². The molecule has 0 aliphatic carbocycles. The first kappa shape index (κ1) is 16.3. The van der Waals surface area contributed by atoms with Crippen molar-refractivity contribution in [1.29, 1.82) is 0 Å². The number of hydrogen-bond acceptors (Lipinski definition) is 5. The van der Waals surface area contributed by atoms with Gasteiger partial charge in [-0.1, -0.05) is 16.8 Å². The van der Waals surface area contributed by atoms with Crippen LogP contribution in [0.15, 0.2) is 16.7 Å². The average Bonchev–Trinajstić information content (AvgIpc) is 3.16. The molecule has 1 aliphatic heterocycles. The molecule has 1 saturated heterocycles. The molecule has 2 aromatic heterocycles. The third-order valence-corrected chi connectivity index (χ3v) is 5.24. The Hall–Kier alpha value is -1.60. The summed E-state index contributed by atoms with van der Waals surface area (Å²) in [6.45, 7) is 3.86. The van der Waals surface area contributed by atoms with Crippen molar-refractivity contribution in [3.63, 3.8) is 0 Å². The summed E-state index contributed by atoms with van der Waals surface area (Å²) in [5.74, 6) is 1.61. The molecule has 0 bridgehead atoms.